The summed E-state index contributed by atoms with van der Waals surface area (Å²) in [6.45, 7) is 3.62. The van der Waals surface area contributed by atoms with Crippen LogP contribution in [0.4, 0.5) is 0 Å². The number of hydrogen-bond acceptors (Lipinski definition) is 14. The van der Waals surface area contributed by atoms with Gasteiger partial charge in [0.15, 0.2) is 12.4 Å². The number of unbranched alkanes of at least 4 members (excludes halogenated alkanes) is 10. The van der Waals surface area contributed by atoms with E-state index in [0.717, 1.165) is 50.9 Å². The summed E-state index contributed by atoms with van der Waals surface area (Å²) < 4.78 is 53.4. The first-order chi connectivity index (χ1) is 28.4. The highest BCUT2D eigenvalue weighted by Gasteiger charge is 2.35. The van der Waals surface area contributed by atoms with E-state index in [0.29, 0.717) is 32.1 Å². The topological polar surface area (TPSA) is 265 Å². The van der Waals surface area contributed by atoms with Gasteiger partial charge in [0, 0.05) is 25.2 Å². The van der Waals surface area contributed by atoms with Gasteiger partial charge in [-0.1, -0.05) is 122 Å². The van der Waals surface area contributed by atoms with E-state index in [2.05, 4.69) is 29.8 Å². The van der Waals surface area contributed by atoms with Crippen LogP contribution in [0.1, 0.15) is 149 Å². The first kappa shape index (κ1) is 56.5. The molecule has 352 valence electrons. The summed E-state index contributed by atoms with van der Waals surface area (Å²) >= 11 is 0. The second-order valence-electron chi connectivity index (χ2n) is 15.7. The number of allylic oxidation sites excluding steroid dienone is 2. The number of esters is 2. The van der Waals surface area contributed by atoms with E-state index in [9.17, 15) is 44.0 Å². The third-order valence-electron chi connectivity index (χ3n) is 10.2. The Labute approximate surface area is 357 Å². The lowest BCUT2D eigenvalue weighted by Gasteiger charge is -2.36. The zero-order valence-corrected chi connectivity index (χ0v) is 37.8. The molecule has 19 heteroatoms. The third-order valence-corrected chi connectivity index (χ3v) is 11.6. The van der Waals surface area contributed by atoms with Crippen LogP contribution in [0.25, 0.3) is 0 Å². The van der Waals surface area contributed by atoms with Crippen LogP contribution in [0.5, 0.6) is 0 Å². The molecule has 9 atom stereocenters. The van der Waals surface area contributed by atoms with Crippen LogP contribution in [-0.4, -0.2) is 110 Å². The lowest BCUT2D eigenvalue weighted by Crippen LogP contribution is -2.43. The SMILES string of the molecule is CCCCC[C@H](O)/C=C/[C@H]1OC(O)C[C@H](O)[C@@H]1C/C=C\CCCC(=O)OC[C@H](COP(=O)(O)OC[C@@H](O)COP(=O)(O)O)OC(=O)CCCCCCCCCCC(C)CC. The number of phosphoric acid groups is 2. The smallest absolute Gasteiger partial charge is 0.462 e. The highest BCUT2D eigenvalue weighted by molar-refractivity contribution is 7.47. The quantitative estimate of drug-likeness (QED) is 0.0149. The van der Waals surface area contributed by atoms with Crippen molar-refractivity contribution < 1.29 is 81.6 Å². The standard InChI is InChI=1S/C41H76O17P2/c1-4-6-15-21-33(42)25-26-38-36(37(44)27-41(47)58-38)22-17-13-14-18-23-39(45)53-30-35(31-56-60(51,52)55-29-34(43)28-54-59(48,49)50)57-40(46)24-19-12-10-8-7-9-11-16-20-32(3)5-2/h13,17,25-26,32-38,41-44,47H,4-12,14-16,18-24,27-31H2,1-3H3,(H,51,52)(H2,48,49,50)/b17-13-,26-25+/t32?,33-,34-,35+,36-,37-,38+,41?/m0/s1. The molecule has 0 saturated carbocycles. The van der Waals surface area contributed by atoms with Crippen molar-refractivity contribution in [1.82, 2.24) is 0 Å². The lowest BCUT2D eigenvalue weighted by atomic mass is 9.87. The summed E-state index contributed by atoms with van der Waals surface area (Å²) in [5, 5.41) is 40.7. The minimum atomic E-state index is -4.90. The molecule has 1 aliphatic rings. The van der Waals surface area contributed by atoms with Crippen molar-refractivity contribution in [2.75, 3.05) is 26.4 Å². The predicted octanol–water partition coefficient (Wildman–Crippen LogP) is 6.69. The molecule has 0 aromatic carbocycles. The normalized spacial score (nSPS) is 21.8. The Morgan fingerprint density at radius 3 is 2.05 bits per heavy atom. The first-order valence-electron chi connectivity index (χ1n) is 21.8. The van der Waals surface area contributed by atoms with Gasteiger partial charge < -0.3 is 49.3 Å². The Morgan fingerprint density at radius 2 is 1.38 bits per heavy atom. The Bertz CT molecular complexity index is 1290. The van der Waals surface area contributed by atoms with Gasteiger partial charge in [-0.15, -0.1) is 0 Å². The molecule has 0 spiro atoms. The highest BCUT2D eigenvalue weighted by atomic mass is 31.2. The van der Waals surface area contributed by atoms with Gasteiger partial charge in [-0.3, -0.25) is 23.2 Å². The maximum atomic E-state index is 12.7. The van der Waals surface area contributed by atoms with Crippen molar-refractivity contribution in [2.45, 2.75) is 186 Å². The van der Waals surface area contributed by atoms with Crippen LogP contribution in [0.15, 0.2) is 24.3 Å². The Morgan fingerprint density at radius 1 is 0.767 bits per heavy atom. The van der Waals surface area contributed by atoms with Gasteiger partial charge in [0.2, 0.25) is 0 Å². The molecule has 17 nitrogen and oxygen atoms in total. The number of carbonyl (C=O) groups excluding carboxylic acids is 2. The Kier molecular flexibility index (Phi) is 31.1. The second kappa shape index (κ2) is 33.0. The van der Waals surface area contributed by atoms with E-state index in [1.165, 1.54) is 32.1 Å². The average Bonchev–Trinajstić information content (AvgIpc) is 3.18. The summed E-state index contributed by atoms with van der Waals surface area (Å²) in [5.74, 6) is -0.812. The van der Waals surface area contributed by atoms with Crippen molar-refractivity contribution in [3.8, 4) is 0 Å². The molecular weight excluding hydrogens is 826 g/mol. The number of carbonyl (C=O) groups is 2. The van der Waals surface area contributed by atoms with Crippen molar-refractivity contribution in [3.63, 3.8) is 0 Å². The van der Waals surface area contributed by atoms with E-state index < -0.39 is 90.8 Å². The number of rotatable bonds is 36. The van der Waals surface area contributed by atoms with Gasteiger partial charge in [0.1, 0.15) is 12.7 Å². The molecule has 1 saturated heterocycles. The minimum absolute atomic E-state index is 0.00252. The monoisotopic (exact) mass is 902 g/mol. The fourth-order valence-electron chi connectivity index (χ4n) is 6.36. The highest BCUT2D eigenvalue weighted by Crippen LogP contribution is 2.44. The van der Waals surface area contributed by atoms with Crippen molar-refractivity contribution in [1.29, 1.82) is 0 Å². The fraction of sp³-hybridized carbons (Fsp3) is 0.854. The molecule has 0 radical (unpaired) electrons. The van der Waals surface area contributed by atoms with Crippen LogP contribution < -0.4 is 0 Å². The van der Waals surface area contributed by atoms with Gasteiger partial charge in [-0.2, -0.15) is 0 Å². The van der Waals surface area contributed by atoms with Crippen LogP contribution >= 0.6 is 15.6 Å². The van der Waals surface area contributed by atoms with Crippen molar-refractivity contribution in [3.05, 3.63) is 24.3 Å². The van der Waals surface area contributed by atoms with Crippen LogP contribution in [0.2, 0.25) is 0 Å². The fourth-order valence-corrected chi connectivity index (χ4v) is 7.52. The number of hydrogen-bond donors (Lipinski definition) is 7. The van der Waals surface area contributed by atoms with Crippen LogP contribution in [-0.2, 0) is 46.5 Å². The van der Waals surface area contributed by atoms with Crippen LogP contribution in [0.3, 0.4) is 0 Å². The largest absolute Gasteiger partial charge is 0.472 e. The molecule has 1 rings (SSSR count). The zero-order valence-electron chi connectivity index (χ0n) is 36.0. The molecule has 0 aliphatic carbocycles. The summed E-state index contributed by atoms with van der Waals surface area (Å²) in [6, 6.07) is 0. The minimum Gasteiger partial charge on any atom is -0.462 e. The summed E-state index contributed by atoms with van der Waals surface area (Å²) in [6.07, 6.45) is 16.6. The number of ether oxygens (including phenoxy) is 3. The van der Waals surface area contributed by atoms with E-state index in [4.69, 9.17) is 28.5 Å². The second-order valence-corrected chi connectivity index (χ2v) is 18.4. The van der Waals surface area contributed by atoms with E-state index >= 15 is 0 Å². The van der Waals surface area contributed by atoms with Crippen molar-refractivity contribution in [2.24, 2.45) is 11.8 Å². The maximum absolute atomic E-state index is 12.7. The molecule has 1 aliphatic heterocycles. The van der Waals surface area contributed by atoms with E-state index in [1.807, 2.05) is 12.2 Å². The van der Waals surface area contributed by atoms with Crippen LogP contribution in [0, 0.1) is 11.8 Å². The zero-order chi connectivity index (χ0) is 44.8. The maximum Gasteiger partial charge on any atom is 0.472 e. The average molecular weight is 903 g/mol. The third kappa shape index (κ3) is 30.5. The molecule has 1 fully saturated rings. The Balaban J connectivity index is 2.61. The Hall–Kier alpha value is -1.56. The summed E-state index contributed by atoms with van der Waals surface area (Å²) in [4.78, 5) is 52.9. The molecule has 0 aromatic rings. The van der Waals surface area contributed by atoms with Gasteiger partial charge in [0.25, 0.3) is 0 Å². The van der Waals surface area contributed by atoms with Gasteiger partial charge >= 0.3 is 27.6 Å². The van der Waals surface area contributed by atoms with Gasteiger partial charge in [-0.25, -0.2) is 9.13 Å². The number of phosphoric ester groups is 2. The van der Waals surface area contributed by atoms with E-state index in [-0.39, 0.29) is 25.2 Å². The van der Waals surface area contributed by atoms with Gasteiger partial charge in [-0.05, 0) is 38.0 Å². The van der Waals surface area contributed by atoms with Crippen molar-refractivity contribution >= 4 is 27.6 Å². The molecule has 0 aromatic heterocycles. The predicted molar refractivity (Wildman–Crippen MR) is 224 cm³/mol. The molecule has 0 bridgehead atoms. The molecule has 7 N–H and O–H groups in total. The summed E-state index contributed by atoms with van der Waals surface area (Å²) in [5.41, 5.74) is 0. The molecule has 1 heterocycles. The molecule has 3 unspecified atom stereocenters. The molecule has 60 heavy (non-hydrogen) atoms. The number of aliphatic hydroxyl groups excluding tert-OH is 4. The van der Waals surface area contributed by atoms with E-state index in [1.54, 1.807) is 12.2 Å². The lowest BCUT2D eigenvalue weighted by molar-refractivity contribution is -0.199. The molecule has 0 amide bonds. The van der Waals surface area contributed by atoms with Gasteiger partial charge in [0.05, 0.1) is 38.1 Å². The molecular formula is C41H76O17P2. The number of aliphatic hydroxyl groups is 4. The first-order valence-corrected chi connectivity index (χ1v) is 24.8. The summed E-state index contributed by atoms with van der Waals surface area (Å²) in [7, 11) is -9.77.